The molecule has 2 unspecified atom stereocenters. The molecule has 0 spiro atoms. The Bertz CT molecular complexity index is 1280. The van der Waals surface area contributed by atoms with Gasteiger partial charge in [0.1, 0.15) is 12.4 Å². The van der Waals surface area contributed by atoms with Crippen molar-refractivity contribution in [2.24, 2.45) is 11.8 Å². The summed E-state index contributed by atoms with van der Waals surface area (Å²) in [6, 6.07) is 20.5. The highest BCUT2D eigenvalue weighted by atomic mass is 16.5. The number of rotatable bonds is 15. The second-order valence-corrected chi connectivity index (χ2v) is 10.1. The summed E-state index contributed by atoms with van der Waals surface area (Å²) in [7, 11) is 1.54. The van der Waals surface area contributed by atoms with E-state index in [0.29, 0.717) is 17.7 Å². The van der Waals surface area contributed by atoms with E-state index < -0.39 is 35.5 Å². The summed E-state index contributed by atoms with van der Waals surface area (Å²) in [5.74, 6) is -2.94. The molecule has 0 bridgehead atoms. The molecule has 3 aromatic rings. The monoisotopic (exact) mass is 559 g/mol. The Morgan fingerprint density at radius 2 is 1.59 bits per heavy atom. The number of aromatic nitrogens is 1. The van der Waals surface area contributed by atoms with Crippen molar-refractivity contribution in [3.8, 4) is 5.75 Å². The number of amides is 2. The molecular formula is C32H37N3O6. The lowest BCUT2D eigenvalue weighted by Gasteiger charge is -2.24. The number of benzene rings is 2. The number of alkyl carbamates (subject to hydrolysis) is 1. The molecule has 0 saturated carbocycles. The van der Waals surface area contributed by atoms with Gasteiger partial charge in [0.15, 0.2) is 5.78 Å². The van der Waals surface area contributed by atoms with Crippen LogP contribution >= 0.6 is 0 Å². The molecular weight excluding hydrogens is 522 g/mol. The molecule has 9 heteroatoms. The Morgan fingerprint density at radius 1 is 0.878 bits per heavy atom. The molecule has 2 amide bonds. The van der Waals surface area contributed by atoms with Crippen molar-refractivity contribution in [1.82, 2.24) is 15.6 Å². The number of nitrogens with one attached hydrogen (secondary N) is 2. The van der Waals surface area contributed by atoms with Crippen LogP contribution in [0.15, 0.2) is 79.0 Å². The van der Waals surface area contributed by atoms with Crippen LogP contribution in [0.3, 0.4) is 0 Å². The molecule has 1 aromatic heterocycles. The zero-order valence-electron chi connectivity index (χ0n) is 23.7. The maximum absolute atomic E-state index is 13.9. The average Bonchev–Trinajstić information content (AvgIpc) is 2.99. The fourth-order valence-electron chi connectivity index (χ4n) is 4.28. The normalized spacial score (nSPS) is 12.2. The quantitative estimate of drug-likeness (QED) is 0.212. The van der Waals surface area contributed by atoms with Gasteiger partial charge in [0.05, 0.1) is 19.1 Å². The van der Waals surface area contributed by atoms with E-state index in [1.165, 1.54) is 0 Å². The van der Waals surface area contributed by atoms with Gasteiger partial charge in [-0.25, -0.2) is 4.79 Å². The molecule has 0 aliphatic heterocycles. The Hall–Kier alpha value is -4.53. The second kappa shape index (κ2) is 15.9. The topological polar surface area (TPSA) is 124 Å². The number of carbonyl (C=O) groups excluding carboxylic acids is 4. The van der Waals surface area contributed by atoms with Gasteiger partial charge in [0.25, 0.3) is 5.91 Å². The molecule has 0 saturated heterocycles. The van der Waals surface area contributed by atoms with Crippen LogP contribution < -0.4 is 15.4 Å². The smallest absolute Gasteiger partial charge is 0.408 e. The van der Waals surface area contributed by atoms with Gasteiger partial charge in [0.2, 0.25) is 5.78 Å². The van der Waals surface area contributed by atoms with Gasteiger partial charge < -0.3 is 20.1 Å². The van der Waals surface area contributed by atoms with E-state index in [1.807, 2.05) is 56.3 Å². The first-order valence-corrected chi connectivity index (χ1v) is 13.6. The molecule has 3 rings (SSSR count). The third-order valence-electron chi connectivity index (χ3n) is 6.43. The molecule has 2 aromatic carbocycles. The van der Waals surface area contributed by atoms with Gasteiger partial charge in [-0.3, -0.25) is 19.4 Å². The molecule has 0 aliphatic carbocycles. The Kier molecular flexibility index (Phi) is 12.0. The summed E-state index contributed by atoms with van der Waals surface area (Å²) in [4.78, 5) is 57.1. The van der Waals surface area contributed by atoms with Crippen molar-refractivity contribution in [2.75, 3.05) is 13.7 Å². The Morgan fingerprint density at radius 3 is 2.22 bits per heavy atom. The molecule has 0 radical (unpaired) electrons. The van der Waals surface area contributed by atoms with Crippen LogP contribution in [0.4, 0.5) is 4.79 Å². The lowest BCUT2D eigenvalue weighted by Crippen LogP contribution is -2.49. The summed E-state index contributed by atoms with van der Waals surface area (Å²) < 4.78 is 10.5. The molecule has 0 aliphatic rings. The van der Waals surface area contributed by atoms with E-state index in [2.05, 4.69) is 15.6 Å². The lowest BCUT2D eigenvalue weighted by atomic mass is 9.85. The van der Waals surface area contributed by atoms with Crippen molar-refractivity contribution in [3.63, 3.8) is 0 Å². The van der Waals surface area contributed by atoms with Crippen LogP contribution in [0.25, 0.3) is 0 Å². The third kappa shape index (κ3) is 10.2. The standard InChI is InChI=1S/C32H37N3O6/c1-22(2)19-28(35-32(39)41-21-24-9-5-4-6-10-24)29(36)27(20-23-12-14-26(40-3)15-13-23)30(37)31(38)34-18-16-25-11-7-8-17-33-25/h4-15,17,22,27-28H,16,18-21H2,1-3H3,(H,34,38)(H,35,39). The number of ether oxygens (including phenoxy) is 2. The van der Waals surface area contributed by atoms with Gasteiger partial charge in [-0.2, -0.15) is 0 Å². The lowest BCUT2D eigenvalue weighted by molar-refractivity contribution is -0.144. The largest absolute Gasteiger partial charge is 0.497 e. The third-order valence-corrected chi connectivity index (χ3v) is 6.43. The first-order valence-electron chi connectivity index (χ1n) is 13.6. The second-order valence-electron chi connectivity index (χ2n) is 10.1. The molecule has 9 nitrogen and oxygen atoms in total. The minimum absolute atomic E-state index is 0.00927. The number of pyridine rings is 1. The Balaban J connectivity index is 1.75. The predicted molar refractivity (Wildman–Crippen MR) is 154 cm³/mol. The maximum atomic E-state index is 13.9. The Labute approximate surface area is 240 Å². The highest BCUT2D eigenvalue weighted by Gasteiger charge is 2.37. The SMILES string of the molecule is COc1ccc(CC(C(=O)C(=O)NCCc2ccccn2)C(=O)C(CC(C)C)NC(=O)OCc2ccccc2)cc1. The van der Waals surface area contributed by atoms with Gasteiger partial charge in [-0.15, -0.1) is 0 Å². The fraction of sp³-hybridized carbons (Fsp3) is 0.344. The number of methoxy groups -OCH3 is 1. The fourth-order valence-corrected chi connectivity index (χ4v) is 4.28. The van der Waals surface area contributed by atoms with Crippen molar-refractivity contribution in [2.45, 2.75) is 45.8 Å². The number of Topliss-reactive ketones (excluding diaryl/α,β-unsaturated/α-hetero) is 2. The van der Waals surface area contributed by atoms with Crippen molar-refractivity contribution < 1.29 is 28.7 Å². The first-order chi connectivity index (χ1) is 19.8. The minimum atomic E-state index is -1.31. The summed E-state index contributed by atoms with van der Waals surface area (Å²) in [6.45, 7) is 4.02. The van der Waals surface area contributed by atoms with E-state index in [-0.39, 0.29) is 31.9 Å². The van der Waals surface area contributed by atoms with Crippen LogP contribution in [0.1, 0.15) is 37.1 Å². The number of nitrogens with zero attached hydrogens (tertiary/aromatic N) is 1. The van der Waals surface area contributed by atoms with E-state index >= 15 is 0 Å². The number of hydrogen-bond acceptors (Lipinski definition) is 7. The van der Waals surface area contributed by atoms with Crippen LogP contribution in [0.5, 0.6) is 5.75 Å². The molecule has 0 fully saturated rings. The van der Waals surface area contributed by atoms with Crippen LogP contribution in [0.2, 0.25) is 0 Å². The summed E-state index contributed by atoms with van der Waals surface area (Å²) >= 11 is 0. The van der Waals surface area contributed by atoms with Gasteiger partial charge >= 0.3 is 6.09 Å². The number of ketones is 2. The van der Waals surface area contributed by atoms with Crippen LogP contribution in [-0.2, 0) is 38.6 Å². The molecule has 41 heavy (non-hydrogen) atoms. The van der Waals surface area contributed by atoms with Gasteiger partial charge in [-0.05, 0) is 54.2 Å². The van der Waals surface area contributed by atoms with Crippen molar-refractivity contribution in [1.29, 1.82) is 0 Å². The van der Waals surface area contributed by atoms with Crippen molar-refractivity contribution >= 4 is 23.6 Å². The van der Waals surface area contributed by atoms with E-state index in [9.17, 15) is 19.2 Å². The molecule has 2 N–H and O–H groups in total. The minimum Gasteiger partial charge on any atom is -0.497 e. The molecule has 2 atom stereocenters. The summed E-state index contributed by atoms with van der Waals surface area (Å²) in [5, 5.41) is 5.25. The van der Waals surface area contributed by atoms with Crippen LogP contribution in [0, 0.1) is 11.8 Å². The van der Waals surface area contributed by atoms with Gasteiger partial charge in [-0.1, -0.05) is 62.4 Å². The highest BCUT2D eigenvalue weighted by molar-refractivity contribution is 6.40. The zero-order valence-corrected chi connectivity index (χ0v) is 23.7. The number of hydrogen-bond donors (Lipinski definition) is 2. The van der Waals surface area contributed by atoms with E-state index in [0.717, 1.165) is 11.3 Å². The zero-order chi connectivity index (χ0) is 29.6. The van der Waals surface area contributed by atoms with Crippen molar-refractivity contribution in [3.05, 3.63) is 95.8 Å². The highest BCUT2D eigenvalue weighted by Crippen LogP contribution is 2.20. The van der Waals surface area contributed by atoms with E-state index in [1.54, 1.807) is 43.6 Å². The van der Waals surface area contributed by atoms with Gasteiger partial charge in [0, 0.05) is 24.9 Å². The molecule has 1 heterocycles. The average molecular weight is 560 g/mol. The first kappa shape index (κ1) is 31.0. The van der Waals surface area contributed by atoms with E-state index in [4.69, 9.17) is 9.47 Å². The molecule has 216 valence electrons. The summed E-state index contributed by atoms with van der Waals surface area (Å²) in [6.07, 6.45) is 1.57. The predicted octanol–water partition coefficient (Wildman–Crippen LogP) is 4.09. The van der Waals surface area contributed by atoms with Crippen LogP contribution in [-0.4, -0.2) is 48.2 Å². The number of carbonyl (C=O) groups is 4. The summed E-state index contributed by atoms with van der Waals surface area (Å²) in [5.41, 5.74) is 2.24. The maximum Gasteiger partial charge on any atom is 0.408 e.